The minimum absolute atomic E-state index is 0.103. The van der Waals surface area contributed by atoms with Gasteiger partial charge in [-0.15, -0.1) is 0 Å². The van der Waals surface area contributed by atoms with Crippen molar-refractivity contribution in [2.45, 2.75) is 6.92 Å². The molecule has 0 aliphatic rings. The third-order valence-electron chi connectivity index (χ3n) is 1.15. The maximum Gasteiger partial charge on any atom is 0.319 e. The molecule has 0 spiro atoms. The molecule has 0 aromatic rings. The molecule has 0 bridgehead atoms. The lowest BCUT2D eigenvalue weighted by Gasteiger charge is -2.08. The highest BCUT2D eigenvalue weighted by Crippen LogP contribution is 1.95. The van der Waals surface area contributed by atoms with Crippen molar-refractivity contribution < 1.29 is 14.3 Å². The van der Waals surface area contributed by atoms with Crippen LogP contribution in [0.1, 0.15) is 6.92 Å². The molecule has 1 atom stereocenters. The van der Waals surface area contributed by atoms with Crippen molar-refractivity contribution in [3.63, 3.8) is 0 Å². The SMILES string of the molecule is CCOC(=O)C(CN)C(N)=O. The highest BCUT2D eigenvalue weighted by Gasteiger charge is 2.23. The molecule has 0 saturated heterocycles. The van der Waals surface area contributed by atoms with Gasteiger partial charge in [0.1, 0.15) is 5.92 Å². The molecule has 0 aliphatic carbocycles. The van der Waals surface area contributed by atoms with Crippen LogP contribution in [0.5, 0.6) is 0 Å². The van der Waals surface area contributed by atoms with E-state index in [-0.39, 0.29) is 13.2 Å². The predicted molar refractivity (Wildman–Crippen MR) is 38.4 cm³/mol. The van der Waals surface area contributed by atoms with Crippen LogP contribution in [-0.4, -0.2) is 25.0 Å². The molecule has 0 aromatic carbocycles. The van der Waals surface area contributed by atoms with Gasteiger partial charge in [0.2, 0.25) is 5.91 Å². The van der Waals surface area contributed by atoms with Crippen LogP contribution in [0.3, 0.4) is 0 Å². The summed E-state index contributed by atoms with van der Waals surface area (Å²) in [5, 5.41) is 0. The van der Waals surface area contributed by atoms with E-state index in [4.69, 9.17) is 11.5 Å². The maximum absolute atomic E-state index is 10.8. The van der Waals surface area contributed by atoms with Gasteiger partial charge in [-0.25, -0.2) is 0 Å². The molecule has 0 radical (unpaired) electrons. The highest BCUT2D eigenvalue weighted by atomic mass is 16.5. The minimum Gasteiger partial charge on any atom is -0.465 e. The average Bonchev–Trinajstić information content (AvgIpc) is 1.88. The predicted octanol–water partition coefficient (Wildman–Crippen LogP) is -1.39. The molecule has 1 unspecified atom stereocenters. The Hall–Kier alpha value is -1.10. The van der Waals surface area contributed by atoms with E-state index in [0.29, 0.717) is 0 Å². The molecule has 5 nitrogen and oxygen atoms in total. The van der Waals surface area contributed by atoms with Crippen LogP contribution in [0.15, 0.2) is 0 Å². The van der Waals surface area contributed by atoms with E-state index in [2.05, 4.69) is 4.74 Å². The molecular formula is C6H12N2O3. The summed E-state index contributed by atoms with van der Waals surface area (Å²) < 4.78 is 4.54. The Kier molecular flexibility index (Phi) is 4.21. The van der Waals surface area contributed by atoms with E-state index in [1.54, 1.807) is 6.92 Å². The van der Waals surface area contributed by atoms with Gasteiger partial charge in [-0.3, -0.25) is 9.59 Å². The number of rotatable bonds is 4. The Morgan fingerprint density at radius 1 is 1.55 bits per heavy atom. The second kappa shape index (κ2) is 4.68. The first-order valence-corrected chi connectivity index (χ1v) is 3.29. The average molecular weight is 160 g/mol. The van der Waals surface area contributed by atoms with Crippen LogP contribution < -0.4 is 11.5 Å². The molecule has 64 valence electrons. The number of carbonyl (C=O) groups is 2. The summed E-state index contributed by atoms with van der Waals surface area (Å²) in [5.41, 5.74) is 9.96. The van der Waals surface area contributed by atoms with Gasteiger partial charge in [-0.1, -0.05) is 0 Å². The number of ether oxygens (including phenoxy) is 1. The van der Waals surface area contributed by atoms with Crippen LogP contribution in [0.2, 0.25) is 0 Å². The lowest BCUT2D eigenvalue weighted by Crippen LogP contribution is -2.37. The lowest BCUT2D eigenvalue weighted by molar-refractivity contribution is -0.150. The Morgan fingerprint density at radius 2 is 2.09 bits per heavy atom. The topological polar surface area (TPSA) is 95.4 Å². The van der Waals surface area contributed by atoms with E-state index in [9.17, 15) is 9.59 Å². The van der Waals surface area contributed by atoms with E-state index in [1.165, 1.54) is 0 Å². The zero-order chi connectivity index (χ0) is 8.85. The van der Waals surface area contributed by atoms with Gasteiger partial charge in [-0.2, -0.15) is 0 Å². The summed E-state index contributed by atoms with van der Waals surface area (Å²) in [6.45, 7) is 1.77. The first kappa shape index (κ1) is 9.90. The summed E-state index contributed by atoms with van der Waals surface area (Å²) in [4.78, 5) is 21.3. The van der Waals surface area contributed by atoms with Crippen LogP contribution >= 0.6 is 0 Å². The molecule has 0 aromatic heterocycles. The van der Waals surface area contributed by atoms with Gasteiger partial charge in [-0.05, 0) is 6.92 Å². The van der Waals surface area contributed by atoms with Gasteiger partial charge >= 0.3 is 5.97 Å². The van der Waals surface area contributed by atoms with E-state index in [1.807, 2.05) is 0 Å². The number of esters is 1. The number of nitrogens with two attached hydrogens (primary N) is 2. The van der Waals surface area contributed by atoms with Crippen LogP contribution in [0.25, 0.3) is 0 Å². The number of carbonyl (C=O) groups excluding carboxylic acids is 2. The molecule has 0 fully saturated rings. The fraction of sp³-hybridized carbons (Fsp3) is 0.667. The molecule has 5 heteroatoms. The summed E-state index contributed by atoms with van der Waals surface area (Å²) in [6, 6.07) is 0. The zero-order valence-electron chi connectivity index (χ0n) is 6.37. The summed E-state index contributed by atoms with van der Waals surface area (Å²) in [5.74, 6) is -2.40. The standard InChI is InChI=1S/C6H12N2O3/c1-2-11-6(10)4(3-7)5(8)9/h4H,2-3,7H2,1H3,(H2,8,9). The van der Waals surface area contributed by atoms with E-state index in [0.717, 1.165) is 0 Å². The molecule has 11 heavy (non-hydrogen) atoms. The Labute approximate surface area is 64.7 Å². The first-order chi connectivity index (χ1) is 5.13. The quantitative estimate of drug-likeness (QED) is 0.391. The van der Waals surface area contributed by atoms with Crippen LogP contribution in [-0.2, 0) is 14.3 Å². The molecule has 0 saturated carbocycles. The number of primary amides is 1. The smallest absolute Gasteiger partial charge is 0.319 e. The first-order valence-electron chi connectivity index (χ1n) is 3.29. The largest absolute Gasteiger partial charge is 0.465 e. The summed E-state index contributed by atoms with van der Waals surface area (Å²) >= 11 is 0. The van der Waals surface area contributed by atoms with Crippen molar-refractivity contribution in [1.82, 2.24) is 0 Å². The molecule has 4 N–H and O–H groups in total. The second-order valence-electron chi connectivity index (χ2n) is 1.94. The number of hydrogen-bond donors (Lipinski definition) is 2. The van der Waals surface area contributed by atoms with Gasteiger partial charge in [0, 0.05) is 6.54 Å². The van der Waals surface area contributed by atoms with Crippen molar-refractivity contribution in [2.75, 3.05) is 13.2 Å². The zero-order valence-corrected chi connectivity index (χ0v) is 6.37. The van der Waals surface area contributed by atoms with Gasteiger partial charge < -0.3 is 16.2 Å². The Morgan fingerprint density at radius 3 is 2.36 bits per heavy atom. The molecule has 1 amide bonds. The van der Waals surface area contributed by atoms with Gasteiger partial charge in [0.25, 0.3) is 0 Å². The minimum atomic E-state index is -1.00. The summed E-state index contributed by atoms with van der Waals surface area (Å²) in [6.07, 6.45) is 0. The fourth-order valence-corrected chi connectivity index (χ4v) is 0.571. The number of amides is 1. The normalized spacial score (nSPS) is 12.2. The monoisotopic (exact) mass is 160 g/mol. The van der Waals surface area contributed by atoms with Crippen molar-refractivity contribution in [1.29, 1.82) is 0 Å². The Bertz CT molecular complexity index is 158. The van der Waals surface area contributed by atoms with Crippen LogP contribution in [0.4, 0.5) is 0 Å². The van der Waals surface area contributed by atoms with Crippen LogP contribution in [0, 0.1) is 5.92 Å². The Balaban J connectivity index is 4.03. The third kappa shape index (κ3) is 2.99. The fourth-order valence-electron chi connectivity index (χ4n) is 0.571. The molecular weight excluding hydrogens is 148 g/mol. The van der Waals surface area contributed by atoms with E-state index < -0.39 is 17.8 Å². The number of hydrogen-bond acceptors (Lipinski definition) is 4. The molecule has 0 aliphatic heterocycles. The van der Waals surface area contributed by atoms with Crippen molar-refractivity contribution in [3.05, 3.63) is 0 Å². The van der Waals surface area contributed by atoms with Crippen molar-refractivity contribution in [2.24, 2.45) is 17.4 Å². The molecule has 0 heterocycles. The van der Waals surface area contributed by atoms with E-state index >= 15 is 0 Å². The molecule has 0 rings (SSSR count). The van der Waals surface area contributed by atoms with Gasteiger partial charge in [0.15, 0.2) is 0 Å². The van der Waals surface area contributed by atoms with Crippen molar-refractivity contribution in [3.8, 4) is 0 Å². The second-order valence-corrected chi connectivity index (χ2v) is 1.94. The lowest BCUT2D eigenvalue weighted by atomic mass is 10.1. The maximum atomic E-state index is 10.8. The van der Waals surface area contributed by atoms with Crippen molar-refractivity contribution >= 4 is 11.9 Å². The van der Waals surface area contributed by atoms with Gasteiger partial charge in [0.05, 0.1) is 6.61 Å². The highest BCUT2D eigenvalue weighted by molar-refractivity contribution is 5.97. The summed E-state index contributed by atoms with van der Waals surface area (Å²) in [7, 11) is 0. The third-order valence-corrected chi connectivity index (χ3v) is 1.15.